The number of anilines is 3. The topological polar surface area (TPSA) is 113 Å². The minimum Gasteiger partial charge on any atom is -0.356 e. The molecule has 7 rings (SSSR count). The van der Waals surface area contributed by atoms with Gasteiger partial charge in [-0.2, -0.15) is 0 Å². The fourth-order valence-electron chi connectivity index (χ4n) is 5.22. The van der Waals surface area contributed by atoms with Gasteiger partial charge in [0.25, 0.3) is 0 Å². The third kappa shape index (κ3) is 6.76. The molecule has 1 fully saturated rings. The predicted molar refractivity (Wildman–Crippen MR) is 177 cm³/mol. The molecule has 9 nitrogen and oxygen atoms in total. The van der Waals surface area contributed by atoms with Crippen LogP contribution in [0.2, 0.25) is 0 Å². The molecule has 2 aromatic carbocycles. The average molecular weight is 614 g/mol. The highest BCUT2D eigenvalue weighted by atomic mass is 32.1. The molecule has 10 heteroatoms. The molecule has 3 N–H and O–H groups in total. The Kier molecular flexibility index (Phi) is 8.03. The van der Waals surface area contributed by atoms with E-state index in [0.29, 0.717) is 30.3 Å². The number of rotatable bonds is 11. The van der Waals surface area contributed by atoms with Crippen molar-refractivity contribution in [1.82, 2.24) is 24.7 Å². The lowest BCUT2D eigenvalue weighted by atomic mass is 10.1. The molecule has 45 heavy (non-hydrogen) atoms. The van der Waals surface area contributed by atoms with E-state index in [-0.39, 0.29) is 17.7 Å². The van der Waals surface area contributed by atoms with Gasteiger partial charge in [0.1, 0.15) is 5.65 Å². The lowest BCUT2D eigenvalue weighted by Gasteiger charge is -2.10. The van der Waals surface area contributed by atoms with E-state index in [4.69, 9.17) is 9.97 Å². The van der Waals surface area contributed by atoms with Crippen LogP contribution in [0.15, 0.2) is 103 Å². The Morgan fingerprint density at radius 2 is 1.80 bits per heavy atom. The Morgan fingerprint density at radius 3 is 2.62 bits per heavy atom. The van der Waals surface area contributed by atoms with E-state index in [1.165, 1.54) is 0 Å². The number of benzene rings is 2. The average Bonchev–Trinajstić information content (AvgIpc) is 3.65. The highest BCUT2D eigenvalue weighted by molar-refractivity contribution is 7.10. The second-order valence-electron chi connectivity index (χ2n) is 11.0. The van der Waals surface area contributed by atoms with Crippen molar-refractivity contribution >= 4 is 46.1 Å². The molecule has 1 saturated carbocycles. The maximum Gasteiger partial charge on any atom is 0.229 e. The van der Waals surface area contributed by atoms with Crippen molar-refractivity contribution in [2.75, 3.05) is 17.2 Å². The van der Waals surface area contributed by atoms with E-state index >= 15 is 0 Å². The minimum absolute atomic E-state index is 0.0651. The lowest BCUT2D eigenvalue weighted by Crippen LogP contribution is -2.26. The van der Waals surface area contributed by atoms with E-state index in [9.17, 15) is 9.59 Å². The number of nitrogens with zero attached hydrogens (tertiary/aromatic N) is 4. The maximum atomic E-state index is 12.7. The van der Waals surface area contributed by atoms with Crippen LogP contribution in [-0.2, 0) is 22.4 Å². The summed E-state index contributed by atoms with van der Waals surface area (Å²) in [5.41, 5.74) is 6.63. The van der Waals surface area contributed by atoms with Gasteiger partial charge in [-0.05, 0) is 78.7 Å². The van der Waals surface area contributed by atoms with Crippen molar-refractivity contribution in [2.24, 2.45) is 5.92 Å². The van der Waals surface area contributed by atoms with Gasteiger partial charge in [0.2, 0.25) is 17.8 Å². The number of aromatic nitrogens is 4. The zero-order chi connectivity index (χ0) is 30.6. The van der Waals surface area contributed by atoms with E-state index in [1.807, 2.05) is 101 Å². The number of nitrogens with one attached hydrogen (secondary N) is 3. The molecule has 0 bridgehead atoms. The molecule has 0 saturated heterocycles. The number of imidazole rings is 1. The van der Waals surface area contributed by atoms with Crippen molar-refractivity contribution in [2.45, 2.75) is 25.7 Å². The fraction of sp³-hybridized carbons (Fsp3) is 0.171. The molecular formula is C35H31N7O2S. The molecule has 6 aromatic rings. The van der Waals surface area contributed by atoms with Crippen LogP contribution in [0.1, 0.15) is 23.3 Å². The highest BCUT2D eigenvalue weighted by Crippen LogP contribution is 2.33. The van der Waals surface area contributed by atoms with Crippen molar-refractivity contribution in [3.63, 3.8) is 0 Å². The van der Waals surface area contributed by atoms with Crippen LogP contribution in [-0.4, -0.2) is 37.7 Å². The van der Waals surface area contributed by atoms with Crippen molar-refractivity contribution in [3.8, 4) is 22.6 Å². The van der Waals surface area contributed by atoms with E-state index < -0.39 is 0 Å². The fourth-order valence-corrected chi connectivity index (χ4v) is 5.92. The first-order valence-corrected chi connectivity index (χ1v) is 15.8. The van der Waals surface area contributed by atoms with Gasteiger partial charge < -0.3 is 16.0 Å². The number of hydrogen-bond donors (Lipinski definition) is 3. The second kappa shape index (κ2) is 12.7. The summed E-state index contributed by atoms with van der Waals surface area (Å²) in [5.74, 6) is 0.792. The molecule has 4 heterocycles. The van der Waals surface area contributed by atoms with Gasteiger partial charge in [-0.25, -0.2) is 15.0 Å². The van der Waals surface area contributed by atoms with Gasteiger partial charge in [-0.3, -0.25) is 14.0 Å². The Balaban J connectivity index is 1.11. The Labute approximate surface area is 264 Å². The predicted octanol–water partition coefficient (Wildman–Crippen LogP) is 6.51. The molecule has 0 radical (unpaired) electrons. The van der Waals surface area contributed by atoms with Crippen molar-refractivity contribution in [1.29, 1.82) is 0 Å². The SMILES string of the molecule is O=C(Cc1cccs1)Nc1cccc(-c2nc3ccccn3c2-c2ccnc(Nc3ccc(CCNC(=O)C4CC4)cc3)n2)c1. The second-order valence-corrected chi connectivity index (χ2v) is 12.1. The van der Waals surface area contributed by atoms with Gasteiger partial charge >= 0.3 is 0 Å². The minimum atomic E-state index is -0.0651. The Bertz CT molecular complexity index is 1960. The highest BCUT2D eigenvalue weighted by Gasteiger charge is 2.29. The molecule has 4 aromatic heterocycles. The van der Waals surface area contributed by atoms with Crippen molar-refractivity contribution < 1.29 is 9.59 Å². The molecule has 2 amide bonds. The molecule has 0 atom stereocenters. The van der Waals surface area contributed by atoms with Gasteiger partial charge in [0.05, 0.1) is 23.5 Å². The standard InChI is InChI=1S/C35H31N7O2S/c43-31(22-28-7-4-20-45-28)38-27-6-3-5-25(21-27)32-33(42-19-2-1-8-30(42)41-32)29-16-18-37-35(40-29)39-26-13-9-23(10-14-26)15-17-36-34(44)24-11-12-24/h1-10,13-14,16,18-21,24H,11-12,15,17,22H2,(H,36,44)(H,38,43)(H,37,39,40). The lowest BCUT2D eigenvalue weighted by molar-refractivity contribution is -0.122. The first-order chi connectivity index (χ1) is 22.1. The quantitative estimate of drug-likeness (QED) is 0.154. The zero-order valence-electron chi connectivity index (χ0n) is 24.4. The van der Waals surface area contributed by atoms with E-state index in [1.54, 1.807) is 17.5 Å². The number of pyridine rings is 1. The number of hydrogen-bond acceptors (Lipinski definition) is 7. The van der Waals surface area contributed by atoms with Crippen LogP contribution < -0.4 is 16.0 Å². The number of amides is 2. The summed E-state index contributed by atoms with van der Waals surface area (Å²) >= 11 is 1.57. The van der Waals surface area contributed by atoms with Crippen LogP contribution in [0.5, 0.6) is 0 Å². The van der Waals surface area contributed by atoms with Crippen molar-refractivity contribution in [3.05, 3.63) is 113 Å². The molecule has 0 unspecified atom stereocenters. The number of fused-ring (bicyclic) bond motifs is 1. The summed E-state index contributed by atoms with van der Waals surface area (Å²) in [5, 5.41) is 11.3. The summed E-state index contributed by atoms with van der Waals surface area (Å²) in [6, 6.07) is 27.5. The molecular weight excluding hydrogens is 582 g/mol. The van der Waals surface area contributed by atoms with E-state index in [2.05, 4.69) is 20.9 Å². The van der Waals surface area contributed by atoms with Crippen LogP contribution >= 0.6 is 11.3 Å². The van der Waals surface area contributed by atoms with Crippen LogP contribution in [0, 0.1) is 5.92 Å². The van der Waals surface area contributed by atoms with Crippen LogP contribution in [0.3, 0.4) is 0 Å². The van der Waals surface area contributed by atoms with Gasteiger partial charge in [0, 0.05) is 46.7 Å². The number of carbonyl (C=O) groups is 2. The third-order valence-electron chi connectivity index (χ3n) is 7.63. The monoisotopic (exact) mass is 613 g/mol. The van der Waals surface area contributed by atoms with Gasteiger partial charge in [-0.1, -0.05) is 36.4 Å². The molecule has 0 aliphatic heterocycles. The number of carbonyl (C=O) groups excluding carboxylic acids is 2. The first kappa shape index (κ1) is 28.4. The van der Waals surface area contributed by atoms with Crippen LogP contribution in [0.4, 0.5) is 17.3 Å². The summed E-state index contributed by atoms with van der Waals surface area (Å²) < 4.78 is 2.01. The largest absolute Gasteiger partial charge is 0.356 e. The van der Waals surface area contributed by atoms with Gasteiger partial charge in [0.15, 0.2) is 0 Å². The maximum absolute atomic E-state index is 12.7. The summed E-state index contributed by atoms with van der Waals surface area (Å²) in [7, 11) is 0. The first-order valence-electron chi connectivity index (χ1n) is 15.0. The van der Waals surface area contributed by atoms with Gasteiger partial charge in [-0.15, -0.1) is 11.3 Å². The third-order valence-corrected chi connectivity index (χ3v) is 8.51. The molecule has 1 aliphatic carbocycles. The normalized spacial score (nSPS) is 12.6. The Morgan fingerprint density at radius 1 is 0.911 bits per heavy atom. The molecule has 224 valence electrons. The zero-order valence-corrected chi connectivity index (χ0v) is 25.3. The molecule has 0 spiro atoms. The summed E-state index contributed by atoms with van der Waals surface area (Å²) in [6.45, 7) is 0.638. The molecule has 1 aliphatic rings. The summed E-state index contributed by atoms with van der Waals surface area (Å²) in [4.78, 5) is 39.9. The number of thiophene rings is 1. The summed E-state index contributed by atoms with van der Waals surface area (Å²) in [6.07, 6.45) is 6.83. The van der Waals surface area contributed by atoms with Crippen LogP contribution in [0.25, 0.3) is 28.3 Å². The smallest absolute Gasteiger partial charge is 0.229 e. The van der Waals surface area contributed by atoms with E-state index in [0.717, 1.165) is 58.0 Å². The Hall–Kier alpha value is -5.35.